The van der Waals surface area contributed by atoms with Crippen molar-refractivity contribution in [1.82, 2.24) is 0 Å². The summed E-state index contributed by atoms with van der Waals surface area (Å²) < 4.78 is 11.6. The van der Waals surface area contributed by atoms with Gasteiger partial charge in [-0.05, 0) is 50.4 Å². The predicted octanol–water partition coefficient (Wildman–Crippen LogP) is 3.50. The molecular formula is C15H28O2. The third-order valence-corrected chi connectivity index (χ3v) is 5.34. The topological polar surface area (TPSA) is 18.5 Å². The van der Waals surface area contributed by atoms with Crippen molar-refractivity contribution in [3.05, 3.63) is 0 Å². The molecule has 0 aromatic heterocycles. The smallest absolute Gasteiger partial charge is 0.0615 e. The van der Waals surface area contributed by atoms with Crippen LogP contribution in [0.1, 0.15) is 47.5 Å². The van der Waals surface area contributed by atoms with Crippen LogP contribution in [0.4, 0.5) is 0 Å². The fraction of sp³-hybridized carbons (Fsp3) is 1.00. The summed E-state index contributed by atoms with van der Waals surface area (Å²) >= 11 is 0. The van der Waals surface area contributed by atoms with Gasteiger partial charge < -0.3 is 9.47 Å². The molecule has 0 radical (unpaired) electrons. The Morgan fingerprint density at radius 3 is 2.41 bits per heavy atom. The maximum Gasteiger partial charge on any atom is 0.0615 e. The van der Waals surface area contributed by atoms with Crippen molar-refractivity contribution >= 4 is 0 Å². The third kappa shape index (κ3) is 1.94. The second-order valence-electron chi connectivity index (χ2n) is 6.41. The van der Waals surface area contributed by atoms with Crippen LogP contribution in [0.3, 0.4) is 0 Å². The van der Waals surface area contributed by atoms with Gasteiger partial charge in [-0.1, -0.05) is 20.3 Å². The lowest BCUT2D eigenvalue weighted by Gasteiger charge is -2.30. The highest BCUT2D eigenvalue weighted by atomic mass is 16.5. The van der Waals surface area contributed by atoms with Gasteiger partial charge in [0.05, 0.1) is 18.3 Å². The Morgan fingerprint density at radius 2 is 1.94 bits per heavy atom. The fourth-order valence-corrected chi connectivity index (χ4v) is 4.58. The van der Waals surface area contributed by atoms with Crippen LogP contribution in [0.15, 0.2) is 0 Å². The van der Waals surface area contributed by atoms with Crippen LogP contribution < -0.4 is 0 Å². The molecule has 2 rings (SSSR count). The Kier molecular flexibility index (Phi) is 3.57. The second-order valence-corrected chi connectivity index (χ2v) is 6.41. The largest absolute Gasteiger partial charge is 0.381 e. The van der Waals surface area contributed by atoms with Crippen LogP contribution in [0.25, 0.3) is 0 Å². The molecule has 0 bridgehead atoms. The lowest BCUT2D eigenvalue weighted by molar-refractivity contribution is -0.0434. The highest BCUT2D eigenvalue weighted by Gasteiger charge is 2.72. The van der Waals surface area contributed by atoms with Crippen molar-refractivity contribution in [2.75, 3.05) is 7.11 Å². The first-order chi connectivity index (χ1) is 7.96. The number of ether oxygens (including phenoxy) is 2. The Balaban J connectivity index is 2.06. The summed E-state index contributed by atoms with van der Waals surface area (Å²) in [5, 5.41) is 0. The summed E-state index contributed by atoms with van der Waals surface area (Å²) in [6.45, 7) is 11.3. The zero-order valence-electron chi connectivity index (χ0n) is 12.2. The summed E-state index contributed by atoms with van der Waals surface area (Å²) in [4.78, 5) is 0. The Bertz CT molecular complexity index is 276. The highest BCUT2D eigenvalue weighted by Crippen LogP contribution is 2.73. The van der Waals surface area contributed by atoms with Crippen molar-refractivity contribution in [1.29, 1.82) is 0 Å². The van der Waals surface area contributed by atoms with E-state index in [4.69, 9.17) is 9.47 Å². The van der Waals surface area contributed by atoms with Gasteiger partial charge in [0.2, 0.25) is 0 Å². The summed E-state index contributed by atoms with van der Waals surface area (Å²) in [6.07, 6.45) is 3.71. The van der Waals surface area contributed by atoms with E-state index in [1.165, 1.54) is 12.8 Å². The van der Waals surface area contributed by atoms with E-state index in [1.807, 2.05) is 7.11 Å². The lowest BCUT2D eigenvalue weighted by Crippen LogP contribution is -2.31. The van der Waals surface area contributed by atoms with E-state index in [0.717, 1.165) is 17.8 Å². The fourth-order valence-electron chi connectivity index (χ4n) is 4.58. The molecule has 2 nitrogen and oxygen atoms in total. The van der Waals surface area contributed by atoms with E-state index >= 15 is 0 Å². The molecule has 0 saturated heterocycles. The van der Waals surface area contributed by atoms with Crippen molar-refractivity contribution in [2.45, 2.75) is 65.8 Å². The van der Waals surface area contributed by atoms with Gasteiger partial charge in [0.15, 0.2) is 0 Å². The normalized spacial score (nSPS) is 46.1. The summed E-state index contributed by atoms with van der Waals surface area (Å²) in [7, 11) is 1.84. The molecule has 2 saturated carbocycles. The molecule has 0 amide bonds. The third-order valence-electron chi connectivity index (χ3n) is 5.34. The average molecular weight is 240 g/mol. The summed E-state index contributed by atoms with van der Waals surface area (Å²) in [5.74, 6) is 2.30. The number of hydrogen-bond acceptors (Lipinski definition) is 2. The summed E-state index contributed by atoms with van der Waals surface area (Å²) in [5.41, 5.74) is 0.476. The Hall–Kier alpha value is -0.0800. The lowest BCUT2D eigenvalue weighted by atomic mass is 9.84. The molecule has 0 N–H and O–H groups in total. The molecule has 0 aromatic rings. The molecule has 0 aliphatic heterocycles. The van der Waals surface area contributed by atoms with Gasteiger partial charge in [0.1, 0.15) is 0 Å². The maximum atomic E-state index is 6.10. The monoisotopic (exact) mass is 240 g/mol. The maximum absolute atomic E-state index is 6.10. The molecule has 0 spiro atoms. The minimum Gasteiger partial charge on any atom is -0.381 e. The van der Waals surface area contributed by atoms with E-state index in [2.05, 4.69) is 34.6 Å². The number of methoxy groups -OCH3 is 1. The second kappa shape index (κ2) is 4.55. The van der Waals surface area contributed by atoms with Crippen LogP contribution in [-0.4, -0.2) is 25.4 Å². The number of hydrogen-bond donors (Lipinski definition) is 0. The first kappa shape index (κ1) is 13.4. The molecule has 17 heavy (non-hydrogen) atoms. The zero-order valence-corrected chi connectivity index (χ0v) is 12.2. The average Bonchev–Trinajstić information content (AvgIpc) is 2.73. The predicted molar refractivity (Wildman–Crippen MR) is 70.0 cm³/mol. The van der Waals surface area contributed by atoms with Gasteiger partial charge in [-0.2, -0.15) is 0 Å². The molecule has 2 aliphatic rings. The van der Waals surface area contributed by atoms with Crippen molar-refractivity contribution in [2.24, 2.45) is 23.2 Å². The van der Waals surface area contributed by atoms with Crippen LogP contribution in [0.2, 0.25) is 0 Å². The first-order valence-corrected chi connectivity index (χ1v) is 7.15. The Morgan fingerprint density at radius 1 is 1.29 bits per heavy atom. The van der Waals surface area contributed by atoms with E-state index < -0.39 is 0 Å². The molecule has 100 valence electrons. The number of fused-ring (bicyclic) bond motifs is 1. The van der Waals surface area contributed by atoms with Gasteiger partial charge in [0, 0.05) is 7.11 Å². The molecular weight excluding hydrogens is 212 g/mol. The Labute approximate surface area is 106 Å². The molecule has 2 fully saturated rings. The SMILES string of the molecule is CC[C@@H]1C(OC(C)C)CC2[C@@H]([C@H](C)OC)C21C. The van der Waals surface area contributed by atoms with E-state index in [-0.39, 0.29) is 0 Å². The van der Waals surface area contributed by atoms with E-state index in [1.54, 1.807) is 0 Å². The van der Waals surface area contributed by atoms with E-state index in [0.29, 0.717) is 23.7 Å². The van der Waals surface area contributed by atoms with Crippen molar-refractivity contribution in [3.63, 3.8) is 0 Å². The van der Waals surface area contributed by atoms with Crippen LogP contribution >= 0.6 is 0 Å². The first-order valence-electron chi connectivity index (χ1n) is 7.15. The van der Waals surface area contributed by atoms with Crippen LogP contribution in [0.5, 0.6) is 0 Å². The van der Waals surface area contributed by atoms with Gasteiger partial charge in [0.25, 0.3) is 0 Å². The summed E-state index contributed by atoms with van der Waals surface area (Å²) in [6, 6.07) is 0. The quantitative estimate of drug-likeness (QED) is 0.732. The molecule has 6 atom stereocenters. The van der Waals surface area contributed by atoms with E-state index in [9.17, 15) is 0 Å². The van der Waals surface area contributed by atoms with Gasteiger partial charge in [-0.3, -0.25) is 0 Å². The molecule has 2 aliphatic carbocycles. The van der Waals surface area contributed by atoms with Crippen molar-refractivity contribution < 1.29 is 9.47 Å². The van der Waals surface area contributed by atoms with Crippen LogP contribution in [-0.2, 0) is 9.47 Å². The number of rotatable bonds is 5. The van der Waals surface area contributed by atoms with Gasteiger partial charge >= 0.3 is 0 Å². The van der Waals surface area contributed by atoms with Gasteiger partial charge in [-0.25, -0.2) is 0 Å². The molecule has 2 heteroatoms. The molecule has 0 aromatic carbocycles. The van der Waals surface area contributed by atoms with Gasteiger partial charge in [-0.15, -0.1) is 0 Å². The zero-order chi connectivity index (χ0) is 12.8. The minimum atomic E-state index is 0.355. The highest BCUT2D eigenvalue weighted by molar-refractivity contribution is 5.19. The van der Waals surface area contributed by atoms with Crippen molar-refractivity contribution in [3.8, 4) is 0 Å². The molecule has 3 unspecified atom stereocenters. The standard InChI is InChI=1S/C15H28O2/c1-7-11-13(17-9(2)3)8-12-14(10(4)16-6)15(11,12)5/h9-14H,7-8H2,1-6H3/t10-,11+,12?,13?,14+,15?/m0/s1. The van der Waals surface area contributed by atoms with Crippen LogP contribution in [0, 0.1) is 23.2 Å². The minimum absolute atomic E-state index is 0.355. The molecule has 0 heterocycles.